The Hall–Kier alpha value is -2.37. The standard InChI is InChI=1S/C18H17Cl2N5/c1-25(10-7-13-5-8-21-9-6-13)17-11-16(22-12-23-17)24-15-4-2-3-14(19)18(15)20/h2-6,8-9,11-12H,7,10H2,1H3,(H,22,23,24). The van der Waals surface area contributed by atoms with Crippen molar-refractivity contribution in [3.63, 3.8) is 0 Å². The van der Waals surface area contributed by atoms with Crippen molar-refractivity contribution in [1.82, 2.24) is 15.0 Å². The van der Waals surface area contributed by atoms with Crippen LogP contribution >= 0.6 is 23.2 Å². The van der Waals surface area contributed by atoms with E-state index >= 15 is 0 Å². The SMILES string of the molecule is CN(CCc1ccncc1)c1cc(Nc2cccc(Cl)c2Cl)ncn1. The maximum Gasteiger partial charge on any atom is 0.135 e. The van der Waals surface area contributed by atoms with Crippen molar-refractivity contribution in [3.8, 4) is 0 Å². The molecule has 0 saturated heterocycles. The van der Waals surface area contributed by atoms with Gasteiger partial charge in [-0.25, -0.2) is 9.97 Å². The summed E-state index contributed by atoms with van der Waals surface area (Å²) in [5.74, 6) is 1.48. The molecule has 3 aromatic rings. The molecule has 2 aromatic heterocycles. The van der Waals surface area contributed by atoms with Gasteiger partial charge in [-0.15, -0.1) is 0 Å². The Morgan fingerprint density at radius 1 is 1.08 bits per heavy atom. The van der Waals surface area contributed by atoms with Gasteiger partial charge < -0.3 is 10.2 Å². The van der Waals surface area contributed by atoms with Crippen LogP contribution in [0.15, 0.2) is 55.1 Å². The van der Waals surface area contributed by atoms with E-state index in [1.54, 1.807) is 18.5 Å². The average Bonchev–Trinajstić information content (AvgIpc) is 2.64. The lowest BCUT2D eigenvalue weighted by atomic mass is 10.2. The fraction of sp³-hybridized carbons (Fsp3) is 0.167. The highest BCUT2D eigenvalue weighted by Crippen LogP contribution is 2.31. The summed E-state index contributed by atoms with van der Waals surface area (Å²) in [5.41, 5.74) is 1.94. The van der Waals surface area contributed by atoms with Crippen LogP contribution in [0.1, 0.15) is 5.56 Å². The van der Waals surface area contributed by atoms with Crippen LogP contribution in [0.3, 0.4) is 0 Å². The maximum atomic E-state index is 6.21. The quantitative estimate of drug-likeness (QED) is 0.683. The molecule has 7 heteroatoms. The van der Waals surface area contributed by atoms with Crippen LogP contribution in [0, 0.1) is 0 Å². The molecular weight excluding hydrogens is 357 g/mol. The van der Waals surface area contributed by atoms with Crippen LogP contribution in [-0.4, -0.2) is 28.5 Å². The highest BCUT2D eigenvalue weighted by molar-refractivity contribution is 6.43. The molecule has 0 aliphatic rings. The Kier molecular flexibility index (Phi) is 5.68. The van der Waals surface area contributed by atoms with E-state index in [-0.39, 0.29) is 0 Å². The maximum absolute atomic E-state index is 6.21. The van der Waals surface area contributed by atoms with Crippen LogP contribution in [-0.2, 0) is 6.42 Å². The minimum absolute atomic E-state index is 0.468. The minimum Gasteiger partial charge on any atom is -0.359 e. The van der Waals surface area contributed by atoms with Crippen molar-refractivity contribution in [3.05, 3.63) is 70.7 Å². The number of pyridine rings is 1. The van der Waals surface area contributed by atoms with Crippen LogP contribution in [0.2, 0.25) is 10.0 Å². The van der Waals surface area contributed by atoms with Gasteiger partial charge in [0.15, 0.2) is 0 Å². The largest absolute Gasteiger partial charge is 0.359 e. The molecular formula is C18H17Cl2N5. The summed E-state index contributed by atoms with van der Waals surface area (Å²) in [7, 11) is 2.00. The second kappa shape index (κ2) is 8.14. The molecule has 1 aromatic carbocycles. The predicted molar refractivity (Wildman–Crippen MR) is 103 cm³/mol. The molecule has 128 valence electrons. The number of nitrogens with zero attached hydrogens (tertiary/aromatic N) is 4. The molecule has 0 aliphatic carbocycles. The molecule has 2 heterocycles. The highest BCUT2D eigenvalue weighted by Gasteiger charge is 2.08. The number of nitrogens with one attached hydrogen (secondary N) is 1. The Balaban J connectivity index is 1.69. The Morgan fingerprint density at radius 3 is 2.68 bits per heavy atom. The molecule has 0 aliphatic heterocycles. The molecule has 0 saturated carbocycles. The van der Waals surface area contributed by atoms with Crippen LogP contribution < -0.4 is 10.2 Å². The fourth-order valence-corrected chi connectivity index (χ4v) is 2.67. The molecule has 0 unspecified atom stereocenters. The number of hydrogen-bond donors (Lipinski definition) is 1. The van der Waals surface area contributed by atoms with Gasteiger partial charge in [-0.2, -0.15) is 0 Å². The lowest BCUT2D eigenvalue weighted by Gasteiger charge is -2.18. The first kappa shape index (κ1) is 17.5. The van der Waals surface area contributed by atoms with E-state index in [0.717, 1.165) is 18.8 Å². The lowest BCUT2D eigenvalue weighted by Crippen LogP contribution is -2.21. The van der Waals surface area contributed by atoms with Gasteiger partial charge in [0, 0.05) is 32.1 Å². The third kappa shape index (κ3) is 4.59. The van der Waals surface area contributed by atoms with Crippen LogP contribution in [0.25, 0.3) is 0 Å². The van der Waals surface area contributed by atoms with E-state index in [0.29, 0.717) is 21.6 Å². The van der Waals surface area contributed by atoms with Crippen molar-refractivity contribution in [2.24, 2.45) is 0 Å². The molecule has 0 radical (unpaired) electrons. The molecule has 25 heavy (non-hydrogen) atoms. The normalized spacial score (nSPS) is 10.5. The van der Waals surface area contributed by atoms with E-state index in [4.69, 9.17) is 23.2 Å². The van der Waals surface area contributed by atoms with Gasteiger partial charge in [0.2, 0.25) is 0 Å². The first-order valence-corrected chi connectivity index (χ1v) is 8.52. The number of halogens is 2. The first-order valence-electron chi connectivity index (χ1n) is 7.76. The summed E-state index contributed by atoms with van der Waals surface area (Å²) in [4.78, 5) is 14.7. The number of rotatable bonds is 6. The van der Waals surface area contributed by atoms with E-state index < -0.39 is 0 Å². The predicted octanol–water partition coefficient (Wildman–Crippen LogP) is 4.60. The molecule has 0 spiro atoms. The van der Waals surface area contributed by atoms with Crippen LogP contribution in [0.4, 0.5) is 17.3 Å². The summed E-state index contributed by atoms with van der Waals surface area (Å²) in [5, 5.41) is 4.14. The van der Waals surface area contributed by atoms with E-state index in [9.17, 15) is 0 Å². The Morgan fingerprint density at radius 2 is 1.88 bits per heavy atom. The second-order valence-corrected chi connectivity index (χ2v) is 6.30. The first-order chi connectivity index (χ1) is 12.1. The van der Waals surface area contributed by atoms with E-state index in [2.05, 4.69) is 25.2 Å². The second-order valence-electron chi connectivity index (χ2n) is 5.51. The van der Waals surface area contributed by atoms with Crippen molar-refractivity contribution in [2.75, 3.05) is 23.8 Å². The molecule has 5 nitrogen and oxygen atoms in total. The highest BCUT2D eigenvalue weighted by atomic mass is 35.5. The third-order valence-electron chi connectivity index (χ3n) is 3.74. The summed E-state index contributed by atoms with van der Waals surface area (Å²) in [6.45, 7) is 0.832. The zero-order chi connectivity index (χ0) is 17.6. The van der Waals surface area contributed by atoms with E-state index in [1.807, 2.05) is 37.4 Å². The van der Waals surface area contributed by atoms with Gasteiger partial charge in [0.25, 0.3) is 0 Å². The smallest absolute Gasteiger partial charge is 0.135 e. The number of likely N-dealkylation sites (N-methyl/N-ethyl adjacent to an activating group) is 1. The zero-order valence-corrected chi connectivity index (χ0v) is 15.2. The number of anilines is 3. The molecule has 0 bridgehead atoms. The van der Waals surface area contributed by atoms with Gasteiger partial charge in [0.1, 0.15) is 18.0 Å². The summed E-state index contributed by atoms with van der Waals surface area (Å²) >= 11 is 12.3. The molecule has 0 amide bonds. The van der Waals surface area contributed by atoms with Gasteiger partial charge in [-0.3, -0.25) is 4.98 Å². The van der Waals surface area contributed by atoms with Gasteiger partial charge in [0.05, 0.1) is 15.7 Å². The van der Waals surface area contributed by atoms with Gasteiger partial charge in [-0.05, 0) is 36.2 Å². The Labute approximate surface area is 156 Å². The minimum atomic E-state index is 0.468. The molecule has 0 atom stereocenters. The number of hydrogen-bond acceptors (Lipinski definition) is 5. The average molecular weight is 374 g/mol. The van der Waals surface area contributed by atoms with E-state index in [1.165, 1.54) is 11.9 Å². The monoisotopic (exact) mass is 373 g/mol. The number of aromatic nitrogens is 3. The molecule has 0 fully saturated rings. The fourth-order valence-electron chi connectivity index (χ4n) is 2.32. The van der Waals surface area contributed by atoms with Gasteiger partial charge in [-0.1, -0.05) is 29.3 Å². The van der Waals surface area contributed by atoms with Crippen molar-refractivity contribution in [1.29, 1.82) is 0 Å². The summed E-state index contributed by atoms with van der Waals surface area (Å²) in [6.07, 6.45) is 6.04. The topological polar surface area (TPSA) is 53.9 Å². The zero-order valence-electron chi connectivity index (χ0n) is 13.7. The molecule has 3 rings (SSSR count). The third-order valence-corrected chi connectivity index (χ3v) is 4.56. The van der Waals surface area contributed by atoms with Crippen molar-refractivity contribution >= 4 is 40.5 Å². The molecule has 1 N–H and O–H groups in total. The summed E-state index contributed by atoms with van der Waals surface area (Å²) < 4.78 is 0. The van der Waals surface area contributed by atoms with Crippen molar-refractivity contribution < 1.29 is 0 Å². The van der Waals surface area contributed by atoms with Crippen LogP contribution in [0.5, 0.6) is 0 Å². The lowest BCUT2D eigenvalue weighted by molar-refractivity contribution is 0.855. The number of benzene rings is 1. The van der Waals surface area contributed by atoms with Gasteiger partial charge >= 0.3 is 0 Å². The van der Waals surface area contributed by atoms with Crippen molar-refractivity contribution in [2.45, 2.75) is 6.42 Å². The Bertz CT molecular complexity index is 842. The summed E-state index contributed by atoms with van der Waals surface area (Å²) in [6, 6.07) is 11.3.